The highest BCUT2D eigenvalue weighted by molar-refractivity contribution is 5.72. The van der Waals surface area contributed by atoms with Crippen LogP contribution in [-0.2, 0) is 4.79 Å². The van der Waals surface area contributed by atoms with Crippen LogP contribution >= 0.6 is 0 Å². The molecule has 2 atom stereocenters. The molecule has 0 spiro atoms. The lowest BCUT2D eigenvalue weighted by Crippen LogP contribution is -2.28. The molecule has 0 saturated carbocycles. The fourth-order valence-corrected chi connectivity index (χ4v) is 4.48. The Kier molecular flexibility index (Phi) is 14.8. The summed E-state index contributed by atoms with van der Waals surface area (Å²) in [6.07, 6.45) is 28.0. The largest absolute Gasteiger partial charge is 0.479 e. The highest BCUT2D eigenvalue weighted by Crippen LogP contribution is 2.35. The Morgan fingerprint density at radius 2 is 1.77 bits per heavy atom. The van der Waals surface area contributed by atoms with Crippen LogP contribution in [0, 0.1) is 0 Å². The molecule has 1 fully saturated rings. The van der Waals surface area contributed by atoms with Gasteiger partial charge in [-0.1, -0.05) is 68.7 Å². The molecule has 0 aliphatic carbocycles. The average Bonchev–Trinajstić information content (AvgIpc) is 3.28. The zero-order valence-electron chi connectivity index (χ0n) is 21.9. The van der Waals surface area contributed by atoms with Gasteiger partial charge in [-0.2, -0.15) is 0 Å². The number of pyridine rings is 1. The zero-order valence-corrected chi connectivity index (χ0v) is 21.9. The van der Waals surface area contributed by atoms with Crippen molar-refractivity contribution >= 4 is 5.97 Å². The third-order valence-electron chi connectivity index (χ3n) is 6.57. The van der Waals surface area contributed by atoms with E-state index in [0.717, 1.165) is 63.5 Å². The molecule has 5 nitrogen and oxygen atoms in total. The van der Waals surface area contributed by atoms with Gasteiger partial charge in [0.15, 0.2) is 6.10 Å². The fourth-order valence-electron chi connectivity index (χ4n) is 4.48. The van der Waals surface area contributed by atoms with E-state index in [1.165, 1.54) is 25.7 Å². The molecule has 5 heteroatoms. The van der Waals surface area contributed by atoms with Crippen molar-refractivity contribution in [2.24, 2.45) is 0 Å². The summed E-state index contributed by atoms with van der Waals surface area (Å²) in [6, 6.07) is 4.17. The van der Waals surface area contributed by atoms with Crippen molar-refractivity contribution < 1.29 is 14.6 Å². The summed E-state index contributed by atoms with van der Waals surface area (Å²) in [5.74, 6) is -0.439. The quantitative estimate of drug-likeness (QED) is 0.172. The third kappa shape index (κ3) is 11.7. The molecular formula is C30H46N2O3. The Bertz CT molecular complexity index is 803. The summed E-state index contributed by atoms with van der Waals surface area (Å²) in [7, 11) is 2.10. The molecule has 2 rings (SSSR count). The van der Waals surface area contributed by atoms with Crippen LogP contribution in [0.15, 0.2) is 54.8 Å². The lowest BCUT2D eigenvalue weighted by Gasteiger charge is -2.23. The van der Waals surface area contributed by atoms with E-state index < -0.39 is 12.1 Å². The van der Waals surface area contributed by atoms with Gasteiger partial charge in [-0.15, -0.1) is 0 Å². The van der Waals surface area contributed by atoms with E-state index in [2.05, 4.69) is 60.3 Å². The summed E-state index contributed by atoms with van der Waals surface area (Å²) >= 11 is 0. The maximum Gasteiger partial charge on any atom is 0.344 e. The average molecular weight is 483 g/mol. The lowest BCUT2D eigenvalue weighted by atomic mass is 10.1. The van der Waals surface area contributed by atoms with Gasteiger partial charge >= 0.3 is 5.97 Å². The number of allylic oxidation sites excluding steroid dienone is 6. The van der Waals surface area contributed by atoms with Gasteiger partial charge < -0.3 is 9.84 Å². The molecule has 0 bridgehead atoms. The molecule has 0 aromatic carbocycles. The minimum absolute atomic E-state index is 0.252. The van der Waals surface area contributed by atoms with Crippen LogP contribution in [-0.4, -0.2) is 40.7 Å². The van der Waals surface area contributed by atoms with Crippen LogP contribution in [0.5, 0.6) is 5.88 Å². The van der Waals surface area contributed by atoms with Gasteiger partial charge in [0.05, 0.1) is 0 Å². The standard InChI is InChI=1S/C30H46N2O3/c1-3-4-5-6-7-8-9-10-11-12-13-14-15-16-17-18-23-28(30(33)34)35-29-26(21-19-24-31-29)27-22-20-25-32(27)2/h7-8,10-11,13-14,19,21,24,27-28H,3-6,9,12,15-18,20,22-23,25H2,1-2H3,(H,33,34)/b8-7-,11-10-,14-13-/t27-,28?/m0/s1. The number of hydrogen-bond acceptors (Lipinski definition) is 4. The minimum atomic E-state index is -0.913. The molecule has 0 radical (unpaired) electrons. The smallest absolute Gasteiger partial charge is 0.344 e. The van der Waals surface area contributed by atoms with Crippen LogP contribution in [0.1, 0.15) is 102 Å². The summed E-state index contributed by atoms with van der Waals surface area (Å²) < 4.78 is 5.93. The van der Waals surface area contributed by atoms with Crippen LogP contribution < -0.4 is 4.74 Å². The van der Waals surface area contributed by atoms with Crippen molar-refractivity contribution in [1.82, 2.24) is 9.88 Å². The number of aliphatic carboxylic acids is 1. The molecular weight excluding hydrogens is 436 g/mol. The number of unbranched alkanes of at least 4 members (excludes halogenated alkanes) is 6. The molecule has 1 aromatic heterocycles. The monoisotopic (exact) mass is 482 g/mol. The summed E-state index contributed by atoms with van der Waals surface area (Å²) in [6.45, 7) is 3.28. The SMILES string of the molecule is CCCCC/C=C\C/C=C\C/C=C\CCCCCC(Oc1ncccc1[C@@H]1CCCN1C)C(=O)O. The first-order chi connectivity index (χ1) is 17.1. The van der Waals surface area contributed by atoms with Crippen molar-refractivity contribution in [3.05, 3.63) is 60.3 Å². The summed E-state index contributed by atoms with van der Waals surface area (Å²) in [5.41, 5.74) is 1.00. The van der Waals surface area contributed by atoms with Gasteiger partial charge in [0.25, 0.3) is 0 Å². The van der Waals surface area contributed by atoms with E-state index >= 15 is 0 Å². The van der Waals surface area contributed by atoms with Gasteiger partial charge in [-0.05, 0) is 83.9 Å². The maximum absolute atomic E-state index is 11.8. The lowest BCUT2D eigenvalue weighted by molar-refractivity contribution is -0.145. The minimum Gasteiger partial charge on any atom is -0.479 e. The highest BCUT2D eigenvalue weighted by atomic mass is 16.5. The predicted octanol–water partition coefficient (Wildman–Crippen LogP) is 7.66. The summed E-state index contributed by atoms with van der Waals surface area (Å²) in [4.78, 5) is 18.5. The fraction of sp³-hybridized carbons (Fsp3) is 0.600. The molecule has 1 N–H and O–H groups in total. The number of carbonyl (C=O) groups is 1. The number of hydrogen-bond donors (Lipinski definition) is 1. The second kappa shape index (κ2) is 18.0. The molecule has 1 aromatic rings. The molecule has 1 aliphatic heterocycles. The number of likely N-dealkylation sites (tertiary alicyclic amines) is 1. The van der Waals surface area contributed by atoms with Gasteiger partial charge in [-0.3, -0.25) is 4.90 Å². The van der Waals surface area contributed by atoms with E-state index in [1.54, 1.807) is 6.20 Å². The number of rotatable bonds is 18. The first kappa shape index (κ1) is 28.8. The first-order valence-corrected chi connectivity index (χ1v) is 13.6. The van der Waals surface area contributed by atoms with Crippen molar-refractivity contribution in [1.29, 1.82) is 0 Å². The van der Waals surface area contributed by atoms with Gasteiger partial charge in [0.1, 0.15) is 0 Å². The highest BCUT2D eigenvalue weighted by Gasteiger charge is 2.28. The van der Waals surface area contributed by atoms with Gasteiger partial charge in [0, 0.05) is 17.8 Å². The molecule has 1 saturated heterocycles. The van der Waals surface area contributed by atoms with Gasteiger partial charge in [0.2, 0.25) is 5.88 Å². The van der Waals surface area contributed by atoms with Crippen LogP contribution in [0.3, 0.4) is 0 Å². The van der Waals surface area contributed by atoms with E-state index in [4.69, 9.17) is 4.74 Å². The van der Waals surface area contributed by atoms with E-state index in [9.17, 15) is 9.90 Å². The molecule has 1 unspecified atom stereocenters. The second-order valence-corrected chi connectivity index (χ2v) is 9.50. The Morgan fingerprint density at radius 3 is 2.40 bits per heavy atom. The maximum atomic E-state index is 11.8. The van der Waals surface area contributed by atoms with Crippen LogP contribution in [0.2, 0.25) is 0 Å². The first-order valence-electron chi connectivity index (χ1n) is 13.6. The third-order valence-corrected chi connectivity index (χ3v) is 6.57. The molecule has 35 heavy (non-hydrogen) atoms. The van der Waals surface area contributed by atoms with Gasteiger partial charge in [-0.25, -0.2) is 9.78 Å². The Hall–Kier alpha value is -2.40. The molecule has 194 valence electrons. The van der Waals surface area contributed by atoms with Crippen LogP contribution in [0.25, 0.3) is 0 Å². The number of carboxylic acids is 1. The molecule has 2 heterocycles. The van der Waals surface area contributed by atoms with Crippen LogP contribution in [0.4, 0.5) is 0 Å². The van der Waals surface area contributed by atoms with Crippen molar-refractivity contribution in [2.45, 2.75) is 103 Å². The Morgan fingerprint density at radius 1 is 1.09 bits per heavy atom. The van der Waals surface area contributed by atoms with E-state index in [1.807, 2.05) is 12.1 Å². The topological polar surface area (TPSA) is 62.7 Å². The number of aromatic nitrogens is 1. The van der Waals surface area contributed by atoms with Crippen molar-refractivity contribution in [3.8, 4) is 5.88 Å². The Balaban J connectivity index is 1.62. The summed E-state index contributed by atoms with van der Waals surface area (Å²) in [5, 5.41) is 9.68. The second-order valence-electron chi connectivity index (χ2n) is 9.50. The van der Waals surface area contributed by atoms with Crippen molar-refractivity contribution in [3.63, 3.8) is 0 Å². The number of carboxylic acid groups (broad SMARTS) is 1. The van der Waals surface area contributed by atoms with E-state index in [0.29, 0.717) is 12.3 Å². The zero-order chi connectivity index (χ0) is 25.1. The predicted molar refractivity (Wildman–Crippen MR) is 145 cm³/mol. The molecule has 1 aliphatic rings. The number of nitrogens with zero attached hydrogens (tertiary/aromatic N) is 2. The number of ether oxygens (including phenoxy) is 1. The van der Waals surface area contributed by atoms with E-state index in [-0.39, 0.29) is 6.04 Å². The molecule has 0 amide bonds. The van der Waals surface area contributed by atoms with Crippen molar-refractivity contribution in [2.75, 3.05) is 13.6 Å². The normalized spacial score (nSPS) is 17.7. The Labute approximate surface area is 213 Å².